The number of hydrogen-bond acceptors (Lipinski definition) is 5. The average molecular weight is 335 g/mol. The van der Waals surface area contributed by atoms with Crippen LogP contribution < -0.4 is 0 Å². The largest absolute Gasteiger partial charge is 0.460 e. The Morgan fingerprint density at radius 3 is 2.29 bits per heavy atom. The highest BCUT2D eigenvalue weighted by molar-refractivity contribution is 6.81. The first-order valence-corrected chi connectivity index (χ1v) is 13.6. The first kappa shape index (κ1) is 20.5. The van der Waals surface area contributed by atoms with Crippen LogP contribution in [0.4, 0.5) is 0 Å². The molecule has 0 aliphatic carbocycles. The zero-order valence-corrected chi connectivity index (χ0v) is 16.2. The summed E-state index contributed by atoms with van der Waals surface area (Å²) in [7, 11) is -3.82. The molecule has 0 aromatic heterocycles. The zero-order chi connectivity index (χ0) is 16.5. The quantitative estimate of drug-likeness (QED) is 0.330. The van der Waals surface area contributed by atoms with Gasteiger partial charge in [0.15, 0.2) is 8.32 Å². The third-order valence-corrected chi connectivity index (χ3v) is 7.58. The highest BCUT2D eigenvalue weighted by Crippen LogP contribution is 2.16. The predicted molar refractivity (Wildman–Crippen MR) is 89.1 cm³/mol. The van der Waals surface area contributed by atoms with Crippen LogP contribution in [0.1, 0.15) is 13.3 Å². The van der Waals surface area contributed by atoms with Gasteiger partial charge in [0.1, 0.15) is 12.7 Å². The fourth-order valence-electron chi connectivity index (χ4n) is 1.72. The third kappa shape index (κ3) is 11.8. The van der Waals surface area contributed by atoms with Gasteiger partial charge in [-0.2, -0.15) is 0 Å². The van der Waals surface area contributed by atoms with Crippen LogP contribution in [0, 0.1) is 0 Å². The first-order chi connectivity index (χ1) is 9.59. The van der Waals surface area contributed by atoms with E-state index in [1.54, 1.807) is 0 Å². The maximum atomic E-state index is 11.1. The van der Waals surface area contributed by atoms with Crippen LogP contribution in [0.3, 0.4) is 0 Å². The number of ether oxygens (including phenoxy) is 2. The van der Waals surface area contributed by atoms with Crippen LogP contribution in [-0.4, -0.2) is 48.8 Å². The molecule has 0 saturated heterocycles. The van der Waals surface area contributed by atoms with Crippen molar-refractivity contribution in [3.05, 3.63) is 12.7 Å². The Balaban J connectivity index is 4.38. The van der Waals surface area contributed by atoms with Crippen LogP contribution in [0.2, 0.25) is 32.7 Å². The van der Waals surface area contributed by atoms with Gasteiger partial charge in [0.05, 0.1) is 6.61 Å². The molecule has 0 fully saturated rings. The molecule has 0 heterocycles. The summed E-state index contributed by atoms with van der Waals surface area (Å²) in [5, 5.41) is 0. The molecule has 124 valence electrons. The minimum absolute atomic E-state index is 0.169. The van der Waals surface area contributed by atoms with Crippen molar-refractivity contribution in [2.75, 3.05) is 19.8 Å². The fourth-order valence-corrected chi connectivity index (χ4v) is 8.45. The average Bonchev–Trinajstić information content (AvgIpc) is 2.34. The molecule has 5 nitrogen and oxygen atoms in total. The summed E-state index contributed by atoms with van der Waals surface area (Å²) >= 11 is 0. The molecule has 0 saturated carbocycles. The van der Waals surface area contributed by atoms with Crippen LogP contribution in [0.15, 0.2) is 12.7 Å². The van der Waals surface area contributed by atoms with E-state index in [9.17, 15) is 4.79 Å². The molecule has 0 N–H and O–H groups in total. The van der Waals surface area contributed by atoms with Gasteiger partial charge in [0.2, 0.25) is 0 Å². The second-order valence-corrected chi connectivity index (χ2v) is 14.4. The lowest BCUT2D eigenvalue weighted by atomic mass is 10.4. The van der Waals surface area contributed by atoms with E-state index >= 15 is 0 Å². The van der Waals surface area contributed by atoms with Crippen LogP contribution in [-0.2, 0) is 22.8 Å². The van der Waals surface area contributed by atoms with Crippen molar-refractivity contribution in [3.63, 3.8) is 0 Å². The van der Waals surface area contributed by atoms with Gasteiger partial charge in [-0.3, -0.25) is 0 Å². The van der Waals surface area contributed by atoms with Gasteiger partial charge in [0.25, 0.3) is 0 Å². The van der Waals surface area contributed by atoms with E-state index in [1.807, 2.05) is 20.0 Å². The van der Waals surface area contributed by atoms with E-state index in [-0.39, 0.29) is 12.7 Å². The summed E-state index contributed by atoms with van der Waals surface area (Å²) in [5.41, 5.74) is 0. The zero-order valence-electron chi connectivity index (χ0n) is 14.2. The summed E-state index contributed by atoms with van der Waals surface area (Å²) in [6, 6.07) is 0. The second-order valence-electron chi connectivity index (χ2n) is 6.25. The van der Waals surface area contributed by atoms with Gasteiger partial charge in [-0.15, -0.1) is 0 Å². The normalized spacial score (nSPS) is 13.8. The standard InChI is InChI=1S/C14H30O5Si2/c1-8-10-16-13(11-17-14(15)9-2)12-18-21(6,7)19-20(3,4)5/h9,13H,2,8,10-12H2,1,3-7H3. The molecule has 0 aromatic rings. The van der Waals surface area contributed by atoms with E-state index in [1.165, 1.54) is 0 Å². The summed E-state index contributed by atoms with van der Waals surface area (Å²) in [6.07, 6.45) is 1.77. The molecule has 0 spiro atoms. The summed E-state index contributed by atoms with van der Waals surface area (Å²) in [4.78, 5) is 11.1. The highest BCUT2D eigenvalue weighted by atomic mass is 28.4. The minimum Gasteiger partial charge on any atom is -0.460 e. The van der Waals surface area contributed by atoms with E-state index < -0.39 is 22.8 Å². The Bertz CT molecular complexity index is 326. The molecule has 0 amide bonds. The topological polar surface area (TPSA) is 54.0 Å². The van der Waals surface area contributed by atoms with Gasteiger partial charge in [-0.1, -0.05) is 13.5 Å². The molecule has 21 heavy (non-hydrogen) atoms. The Kier molecular flexibility index (Phi) is 9.31. The van der Waals surface area contributed by atoms with Crippen LogP contribution in [0.5, 0.6) is 0 Å². The van der Waals surface area contributed by atoms with Gasteiger partial charge in [-0.25, -0.2) is 4.79 Å². The van der Waals surface area contributed by atoms with E-state index in [4.69, 9.17) is 18.0 Å². The van der Waals surface area contributed by atoms with Crippen molar-refractivity contribution in [1.29, 1.82) is 0 Å². The molecule has 1 unspecified atom stereocenters. The summed E-state index contributed by atoms with van der Waals surface area (Å²) < 4.78 is 22.7. The molecule has 0 rings (SSSR count). The molecule has 0 bridgehead atoms. The smallest absolute Gasteiger partial charge is 0.330 e. The molecule has 0 radical (unpaired) electrons. The van der Waals surface area contributed by atoms with Gasteiger partial charge in [-0.05, 0) is 39.2 Å². The van der Waals surface area contributed by atoms with Gasteiger partial charge in [0, 0.05) is 12.7 Å². The summed E-state index contributed by atoms with van der Waals surface area (Å²) in [5.74, 6) is -0.449. The number of carbonyl (C=O) groups is 1. The lowest BCUT2D eigenvalue weighted by Crippen LogP contribution is -2.46. The second kappa shape index (κ2) is 9.52. The molecule has 1 atom stereocenters. The minimum atomic E-state index is -2.18. The van der Waals surface area contributed by atoms with Crippen molar-refractivity contribution in [1.82, 2.24) is 0 Å². The molecular formula is C14H30O5Si2. The molecule has 7 heteroatoms. The number of esters is 1. The third-order valence-electron chi connectivity index (χ3n) is 2.30. The number of carbonyl (C=O) groups excluding carboxylic acids is 1. The predicted octanol–water partition coefficient (Wildman–Crippen LogP) is 3.08. The van der Waals surface area contributed by atoms with E-state index in [2.05, 4.69) is 26.2 Å². The van der Waals surface area contributed by atoms with Crippen LogP contribution >= 0.6 is 0 Å². The lowest BCUT2D eigenvalue weighted by Gasteiger charge is -2.32. The maximum absolute atomic E-state index is 11.1. The number of rotatable bonds is 11. The Labute approximate surface area is 131 Å². The van der Waals surface area contributed by atoms with E-state index in [0.717, 1.165) is 12.5 Å². The molecular weight excluding hydrogens is 304 g/mol. The van der Waals surface area contributed by atoms with Gasteiger partial charge >= 0.3 is 14.5 Å². The maximum Gasteiger partial charge on any atom is 0.330 e. The molecule has 0 aliphatic rings. The molecule has 0 aliphatic heterocycles. The first-order valence-electron chi connectivity index (χ1n) is 7.34. The van der Waals surface area contributed by atoms with Crippen molar-refractivity contribution < 1.29 is 22.8 Å². The van der Waals surface area contributed by atoms with Crippen molar-refractivity contribution in [3.8, 4) is 0 Å². The SMILES string of the molecule is C=CC(=O)OCC(CO[Si](C)(C)O[Si](C)(C)C)OCCC. The fraction of sp³-hybridized carbons (Fsp3) is 0.786. The monoisotopic (exact) mass is 334 g/mol. The molecule has 0 aromatic carbocycles. The Morgan fingerprint density at radius 2 is 1.81 bits per heavy atom. The summed E-state index contributed by atoms with van der Waals surface area (Å²) in [6.45, 7) is 17.0. The Hall–Kier alpha value is -0.476. The van der Waals surface area contributed by atoms with Crippen molar-refractivity contribution >= 4 is 22.8 Å². The van der Waals surface area contributed by atoms with E-state index in [0.29, 0.717) is 13.2 Å². The van der Waals surface area contributed by atoms with Crippen molar-refractivity contribution in [2.45, 2.75) is 52.2 Å². The number of hydrogen-bond donors (Lipinski definition) is 0. The van der Waals surface area contributed by atoms with Crippen LogP contribution in [0.25, 0.3) is 0 Å². The van der Waals surface area contributed by atoms with Crippen molar-refractivity contribution in [2.24, 2.45) is 0 Å². The van der Waals surface area contributed by atoms with Gasteiger partial charge < -0.3 is 18.0 Å². The lowest BCUT2D eigenvalue weighted by molar-refractivity contribution is -0.143. The Morgan fingerprint density at radius 1 is 1.19 bits per heavy atom. The highest BCUT2D eigenvalue weighted by Gasteiger charge is 2.32.